The van der Waals surface area contributed by atoms with E-state index >= 15 is 0 Å². The van der Waals surface area contributed by atoms with Crippen molar-refractivity contribution in [2.24, 2.45) is 7.05 Å². The predicted molar refractivity (Wildman–Crippen MR) is 88.8 cm³/mol. The first-order chi connectivity index (χ1) is 10.7. The number of halogens is 2. The fourth-order valence-electron chi connectivity index (χ4n) is 2.51. The molecule has 0 aliphatic carbocycles. The second kappa shape index (κ2) is 7.89. The van der Waals surface area contributed by atoms with Gasteiger partial charge in [-0.05, 0) is 37.7 Å². The minimum absolute atomic E-state index is 0. The summed E-state index contributed by atoms with van der Waals surface area (Å²) in [5.41, 5.74) is 0. The highest BCUT2D eigenvalue weighted by Gasteiger charge is 2.22. The third-order valence-corrected chi connectivity index (χ3v) is 4.63. The van der Waals surface area contributed by atoms with E-state index in [0.717, 1.165) is 38.0 Å². The van der Waals surface area contributed by atoms with Gasteiger partial charge in [-0.15, -0.1) is 22.6 Å². The first-order valence-corrected chi connectivity index (χ1v) is 7.99. The normalized spacial score (nSPS) is 15.3. The lowest BCUT2D eigenvalue weighted by Crippen LogP contribution is -2.27. The monoisotopic (exact) mass is 359 g/mol. The number of aromatic nitrogens is 5. The Labute approximate surface area is 144 Å². The molecule has 1 aliphatic heterocycles. The van der Waals surface area contributed by atoms with E-state index in [4.69, 9.17) is 0 Å². The zero-order chi connectivity index (χ0) is 15.5. The molecule has 0 atom stereocenters. The van der Waals surface area contributed by atoms with E-state index < -0.39 is 5.82 Å². The number of piperidine rings is 1. The van der Waals surface area contributed by atoms with Crippen LogP contribution in [0.2, 0.25) is 0 Å². The number of anilines is 1. The molecule has 2 aromatic rings. The van der Waals surface area contributed by atoms with E-state index in [1.165, 1.54) is 11.8 Å². The number of rotatable bonds is 4. The predicted octanol–water partition coefficient (Wildman–Crippen LogP) is 1.83. The summed E-state index contributed by atoms with van der Waals surface area (Å²) in [5.74, 6) is 1.12. The molecule has 0 spiro atoms. The maximum atomic E-state index is 13.4. The van der Waals surface area contributed by atoms with E-state index in [1.54, 1.807) is 7.05 Å². The van der Waals surface area contributed by atoms with Crippen LogP contribution < -0.4 is 10.6 Å². The van der Waals surface area contributed by atoms with Crippen LogP contribution in [0.3, 0.4) is 0 Å². The van der Waals surface area contributed by atoms with Gasteiger partial charge in [-0.2, -0.15) is 0 Å². The molecule has 1 fully saturated rings. The van der Waals surface area contributed by atoms with E-state index in [1.807, 2.05) is 11.6 Å². The second-order valence-corrected chi connectivity index (χ2v) is 6.06. The third-order valence-electron chi connectivity index (χ3n) is 3.71. The maximum absolute atomic E-state index is 13.4. The van der Waals surface area contributed by atoms with Crippen LogP contribution >= 0.6 is 24.2 Å². The molecule has 2 aromatic heterocycles. The van der Waals surface area contributed by atoms with Crippen LogP contribution in [0.4, 0.5) is 10.2 Å². The summed E-state index contributed by atoms with van der Waals surface area (Å²) in [7, 11) is 3.57. The molecule has 1 aliphatic rings. The van der Waals surface area contributed by atoms with Gasteiger partial charge in [-0.3, -0.25) is 0 Å². The van der Waals surface area contributed by atoms with E-state index in [9.17, 15) is 4.39 Å². The lowest BCUT2D eigenvalue weighted by Gasteiger charge is -2.21. The molecule has 126 valence electrons. The summed E-state index contributed by atoms with van der Waals surface area (Å²) in [4.78, 5) is 8.11. The van der Waals surface area contributed by atoms with E-state index in [0.29, 0.717) is 16.2 Å². The Morgan fingerprint density at radius 3 is 2.78 bits per heavy atom. The minimum atomic E-state index is -0.472. The summed E-state index contributed by atoms with van der Waals surface area (Å²) in [6.07, 6.45) is 3.28. The molecule has 3 heterocycles. The molecule has 3 rings (SSSR count). The molecular weight excluding hydrogens is 341 g/mol. The zero-order valence-corrected chi connectivity index (χ0v) is 14.5. The van der Waals surface area contributed by atoms with Gasteiger partial charge >= 0.3 is 0 Å². The smallest absolute Gasteiger partial charge is 0.198 e. The van der Waals surface area contributed by atoms with E-state index in [-0.39, 0.29) is 18.2 Å². The Balaban J connectivity index is 0.00000192. The highest BCUT2D eigenvalue weighted by molar-refractivity contribution is 7.99. The van der Waals surface area contributed by atoms with Crippen LogP contribution in [0.1, 0.15) is 24.6 Å². The average molecular weight is 360 g/mol. The summed E-state index contributed by atoms with van der Waals surface area (Å²) in [5, 5.41) is 15.7. The molecule has 0 amide bonds. The van der Waals surface area contributed by atoms with Crippen LogP contribution in [-0.4, -0.2) is 44.9 Å². The lowest BCUT2D eigenvalue weighted by molar-refractivity contribution is 0.434. The standard InChI is InChI=1S/C13H18FN7S.ClH/c1-15-10-9(14)7-17-12(18-10)22-13-20-19-11(21(13)2)8-3-5-16-6-4-8;/h7-8,16H,3-6H2,1-2H3,(H,15,17,18);1H. The van der Waals surface area contributed by atoms with Crippen LogP contribution in [0.5, 0.6) is 0 Å². The first-order valence-electron chi connectivity index (χ1n) is 7.17. The Morgan fingerprint density at radius 2 is 2.09 bits per heavy atom. The molecular formula is C13H19ClFN7S. The van der Waals surface area contributed by atoms with Crippen molar-refractivity contribution >= 4 is 30.0 Å². The number of nitrogens with zero attached hydrogens (tertiary/aromatic N) is 5. The van der Waals surface area contributed by atoms with Crippen LogP contribution in [-0.2, 0) is 7.05 Å². The van der Waals surface area contributed by atoms with Crippen molar-refractivity contribution in [3.05, 3.63) is 17.8 Å². The van der Waals surface area contributed by atoms with Crippen molar-refractivity contribution in [1.29, 1.82) is 0 Å². The van der Waals surface area contributed by atoms with Crippen molar-refractivity contribution in [3.8, 4) is 0 Å². The third kappa shape index (κ3) is 3.91. The Morgan fingerprint density at radius 1 is 1.35 bits per heavy atom. The zero-order valence-electron chi connectivity index (χ0n) is 12.9. The van der Waals surface area contributed by atoms with Gasteiger partial charge in [0.05, 0.1) is 6.20 Å². The highest BCUT2D eigenvalue weighted by Crippen LogP contribution is 2.29. The molecule has 0 bridgehead atoms. The molecule has 0 saturated carbocycles. The van der Waals surface area contributed by atoms with Gasteiger partial charge < -0.3 is 15.2 Å². The van der Waals surface area contributed by atoms with E-state index in [2.05, 4.69) is 30.8 Å². The topological polar surface area (TPSA) is 80.5 Å². The largest absolute Gasteiger partial charge is 0.371 e. The van der Waals surface area contributed by atoms with Crippen LogP contribution in [0, 0.1) is 5.82 Å². The molecule has 7 nitrogen and oxygen atoms in total. The molecule has 0 unspecified atom stereocenters. The highest BCUT2D eigenvalue weighted by atomic mass is 35.5. The molecule has 0 radical (unpaired) electrons. The van der Waals surface area contributed by atoms with Gasteiger partial charge in [0.2, 0.25) is 0 Å². The van der Waals surface area contributed by atoms with Crippen molar-refractivity contribution in [1.82, 2.24) is 30.0 Å². The number of nitrogens with one attached hydrogen (secondary N) is 2. The summed E-state index contributed by atoms with van der Waals surface area (Å²) < 4.78 is 15.4. The quantitative estimate of drug-likeness (QED) is 0.806. The maximum Gasteiger partial charge on any atom is 0.198 e. The van der Waals surface area contributed by atoms with Gasteiger partial charge in [0.25, 0.3) is 0 Å². The molecule has 1 saturated heterocycles. The number of hydrogen-bond donors (Lipinski definition) is 2. The van der Waals surface area contributed by atoms with Crippen molar-refractivity contribution in [3.63, 3.8) is 0 Å². The van der Waals surface area contributed by atoms with Gasteiger partial charge in [0.15, 0.2) is 21.9 Å². The SMILES string of the molecule is CNc1nc(Sc2nnc(C3CCNCC3)n2C)ncc1F.Cl. The Hall–Kier alpha value is -1.45. The number of hydrogen-bond acceptors (Lipinski definition) is 7. The molecule has 10 heteroatoms. The van der Waals surface area contributed by atoms with Gasteiger partial charge in [-0.1, -0.05) is 0 Å². The van der Waals surface area contributed by atoms with Gasteiger partial charge in [0.1, 0.15) is 5.82 Å². The van der Waals surface area contributed by atoms with Crippen LogP contribution in [0.25, 0.3) is 0 Å². The van der Waals surface area contributed by atoms with Gasteiger partial charge in [0, 0.05) is 20.0 Å². The average Bonchev–Trinajstić information content (AvgIpc) is 2.91. The Kier molecular flexibility index (Phi) is 6.14. The Bertz CT molecular complexity index is 660. The van der Waals surface area contributed by atoms with Crippen molar-refractivity contribution in [2.45, 2.75) is 29.1 Å². The first kappa shape index (κ1) is 17.9. The molecule has 23 heavy (non-hydrogen) atoms. The van der Waals surface area contributed by atoms with Crippen molar-refractivity contribution in [2.75, 3.05) is 25.5 Å². The fraction of sp³-hybridized carbons (Fsp3) is 0.538. The summed E-state index contributed by atoms with van der Waals surface area (Å²) in [6.45, 7) is 2.01. The second-order valence-electron chi connectivity index (χ2n) is 5.13. The van der Waals surface area contributed by atoms with Crippen molar-refractivity contribution < 1.29 is 4.39 Å². The summed E-state index contributed by atoms with van der Waals surface area (Å²) in [6, 6.07) is 0. The minimum Gasteiger partial charge on any atom is -0.371 e. The molecule has 2 N–H and O–H groups in total. The van der Waals surface area contributed by atoms with Crippen LogP contribution in [0.15, 0.2) is 16.5 Å². The van der Waals surface area contributed by atoms with Gasteiger partial charge in [-0.25, -0.2) is 14.4 Å². The lowest BCUT2D eigenvalue weighted by atomic mass is 9.97. The summed E-state index contributed by atoms with van der Waals surface area (Å²) >= 11 is 1.28. The fourth-order valence-corrected chi connectivity index (χ4v) is 3.23. The molecule has 0 aromatic carbocycles.